The average molecular weight is 348 g/mol. The number of hydrogen-bond donors (Lipinski definition) is 1. The largest absolute Gasteiger partial charge is 0.496 e. The lowest BCUT2D eigenvalue weighted by molar-refractivity contribution is 0.408. The summed E-state index contributed by atoms with van der Waals surface area (Å²) in [5, 5.41) is 3.57. The van der Waals surface area contributed by atoms with E-state index in [4.69, 9.17) is 4.74 Å². The van der Waals surface area contributed by atoms with E-state index in [-0.39, 0.29) is 6.04 Å². The second kappa shape index (κ2) is 7.10. The number of hydrogen-bond acceptors (Lipinski definition) is 2. The van der Waals surface area contributed by atoms with Crippen LogP contribution in [0.4, 0.5) is 0 Å². The molecule has 0 amide bonds. The quantitative estimate of drug-likeness (QED) is 0.840. The lowest BCUT2D eigenvalue weighted by Crippen LogP contribution is -2.22. The number of halogens is 1. The van der Waals surface area contributed by atoms with Crippen LogP contribution < -0.4 is 10.1 Å². The summed E-state index contributed by atoms with van der Waals surface area (Å²) in [6, 6.07) is 13.1. The summed E-state index contributed by atoms with van der Waals surface area (Å²) >= 11 is 3.49. The maximum Gasteiger partial charge on any atom is 0.124 e. The zero-order valence-electron chi connectivity index (χ0n) is 13.0. The minimum Gasteiger partial charge on any atom is -0.496 e. The van der Waals surface area contributed by atoms with Gasteiger partial charge in [-0.1, -0.05) is 47.1 Å². The predicted molar refractivity (Wildman–Crippen MR) is 92.1 cm³/mol. The Morgan fingerprint density at radius 1 is 1.05 bits per heavy atom. The number of ether oxygens (including phenoxy) is 1. The van der Waals surface area contributed by atoms with Gasteiger partial charge in [-0.15, -0.1) is 0 Å². The molecular formula is C18H22BrNO. The molecule has 0 aliphatic carbocycles. The zero-order valence-corrected chi connectivity index (χ0v) is 14.6. The van der Waals surface area contributed by atoms with Gasteiger partial charge in [-0.3, -0.25) is 0 Å². The topological polar surface area (TPSA) is 21.3 Å². The summed E-state index contributed by atoms with van der Waals surface area (Å²) in [6.45, 7) is 7.25. The number of aryl methyl sites for hydroxylation is 2. The van der Waals surface area contributed by atoms with Gasteiger partial charge < -0.3 is 10.1 Å². The maximum absolute atomic E-state index is 5.47. The third-order valence-electron chi connectivity index (χ3n) is 3.63. The van der Waals surface area contributed by atoms with Gasteiger partial charge in [0, 0.05) is 4.47 Å². The van der Waals surface area contributed by atoms with Crippen LogP contribution in [0.5, 0.6) is 5.75 Å². The summed E-state index contributed by atoms with van der Waals surface area (Å²) in [6.07, 6.45) is 0. The van der Waals surface area contributed by atoms with E-state index in [9.17, 15) is 0 Å². The second-order valence-corrected chi connectivity index (χ2v) is 6.15. The Labute approximate surface area is 135 Å². The van der Waals surface area contributed by atoms with Crippen LogP contribution in [0.15, 0.2) is 40.9 Å². The molecule has 3 heteroatoms. The average Bonchev–Trinajstić information content (AvgIpc) is 2.45. The van der Waals surface area contributed by atoms with Crippen LogP contribution in [0, 0.1) is 13.8 Å². The first-order valence-electron chi connectivity index (χ1n) is 7.20. The zero-order chi connectivity index (χ0) is 15.4. The van der Waals surface area contributed by atoms with E-state index in [1.165, 1.54) is 22.3 Å². The fraction of sp³-hybridized carbons (Fsp3) is 0.333. The monoisotopic (exact) mass is 347 g/mol. The molecule has 2 nitrogen and oxygen atoms in total. The van der Waals surface area contributed by atoms with Crippen LogP contribution in [0.3, 0.4) is 0 Å². The van der Waals surface area contributed by atoms with Gasteiger partial charge >= 0.3 is 0 Å². The summed E-state index contributed by atoms with van der Waals surface area (Å²) in [4.78, 5) is 0. The molecule has 1 N–H and O–H groups in total. The van der Waals surface area contributed by atoms with Crippen molar-refractivity contribution >= 4 is 15.9 Å². The highest BCUT2D eigenvalue weighted by Gasteiger charge is 2.15. The van der Waals surface area contributed by atoms with Crippen molar-refractivity contribution in [3.8, 4) is 5.75 Å². The smallest absolute Gasteiger partial charge is 0.124 e. The fourth-order valence-corrected chi connectivity index (χ4v) is 3.02. The van der Waals surface area contributed by atoms with Crippen molar-refractivity contribution in [3.05, 3.63) is 63.1 Å². The van der Waals surface area contributed by atoms with Gasteiger partial charge in [0.15, 0.2) is 0 Å². The summed E-state index contributed by atoms with van der Waals surface area (Å²) in [7, 11) is 1.73. The molecule has 0 radical (unpaired) electrons. The first-order chi connectivity index (χ1) is 10.1. The Bertz CT molecular complexity index is 584. The Kier molecular flexibility index (Phi) is 5.43. The molecule has 0 saturated heterocycles. The van der Waals surface area contributed by atoms with Crippen molar-refractivity contribution in [1.82, 2.24) is 5.32 Å². The molecule has 0 aliphatic heterocycles. The van der Waals surface area contributed by atoms with Crippen LogP contribution in [0.25, 0.3) is 0 Å². The van der Waals surface area contributed by atoms with Crippen molar-refractivity contribution < 1.29 is 4.74 Å². The van der Waals surface area contributed by atoms with Gasteiger partial charge in [-0.25, -0.2) is 0 Å². The first kappa shape index (κ1) is 16.1. The van der Waals surface area contributed by atoms with Gasteiger partial charge in [0.05, 0.1) is 13.2 Å². The van der Waals surface area contributed by atoms with Crippen LogP contribution in [-0.2, 0) is 0 Å². The van der Waals surface area contributed by atoms with Crippen molar-refractivity contribution in [3.63, 3.8) is 0 Å². The van der Waals surface area contributed by atoms with Crippen molar-refractivity contribution in [2.45, 2.75) is 26.8 Å². The van der Waals surface area contributed by atoms with E-state index >= 15 is 0 Å². The Morgan fingerprint density at radius 3 is 2.10 bits per heavy atom. The fourth-order valence-electron chi connectivity index (χ4n) is 2.76. The molecule has 0 spiro atoms. The van der Waals surface area contributed by atoms with Crippen LogP contribution in [0.2, 0.25) is 0 Å². The maximum atomic E-state index is 5.47. The van der Waals surface area contributed by atoms with E-state index in [1.54, 1.807) is 7.11 Å². The van der Waals surface area contributed by atoms with Gasteiger partial charge in [0.25, 0.3) is 0 Å². The molecule has 0 heterocycles. The number of nitrogens with one attached hydrogen (secondary N) is 1. The van der Waals surface area contributed by atoms with E-state index in [1.807, 2.05) is 0 Å². The molecule has 112 valence electrons. The molecule has 2 rings (SSSR count). The van der Waals surface area contributed by atoms with Gasteiger partial charge in [-0.05, 0) is 54.8 Å². The van der Waals surface area contributed by atoms with Gasteiger partial charge in [0.1, 0.15) is 5.75 Å². The summed E-state index contributed by atoms with van der Waals surface area (Å²) < 4.78 is 6.57. The molecule has 1 unspecified atom stereocenters. The highest BCUT2D eigenvalue weighted by molar-refractivity contribution is 9.10. The van der Waals surface area contributed by atoms with E-state index < -0.39 is 0 Å². The molecule has 0 aliphatic rings. The van der Waals surface area contributed by atoms with E-state index in [2.05, 4.69) is 78.4 Å². The number of methoxy groups -OCH3 is 1. The van der Waals surface area contributed by atoms with E-state index in [0.717, 1.165) is 16.8 Å². The van der Waals surface area contributed by atoms with Gasteiger partial charge in [0.2, 0.25) is 0 Å². The summed E-state index contributed by atoms with van der Waals surface area (Å²) in [5.74, 6) is 0.977. The van der Waals surface area contributed by atoms with Crippen molar-refractivity contribution in [2.75, 3.05) is 13.7 Å². The summed E-state index contributed by atoms with van der Waals surface area (Å²) in [5.41, 5.74) is 4.89. The van der Waals surface area contributed by atoms with Crippen molar-refractivity contribution in [2.24, 2.45) is 0 Å². The predicted octanol–water partition coefficient (Wildman–Crippen LogP) is 4.77. The number of benzene rings is 2. The lowest BCUT2D eigenvalue weighted by atomic mass is 9.95. The Hall–Kier alpha value is -1.32. The molecule has 0 saturated carbocycles. The highest BCUT2D eigenvalue weighted by Crippen LogP contribution is 2.30. The Balaban J connectivity index is 2.45. The lowest BCUT2D eigenvalue weighted by Gasteiger charge is -2.21. The molecule has 1 atom stereocenters. The Morgan fingerprint density at radius 2 is 1.62 bits per heavy atom. The number of rotatable bonds is 5. The van der Waals surface area contributed by atoms with Crippen LogP contribution in [-0.4, -0.2) is 13.7 Å². The SMILES string of the molecule is CCNC(c1ccc(Br)cc1)c1cc(C)c(OC)c(C)c1. The minimum absolute atomic E-state index is 0.200. The van der Waals surface area contributed by atoms with Gasteiger partial charge in [-0.2, -0.15) is 0 Å². The normalized spacial score (nSPS) is 12.2. The molecule has 21 heavy (non-hydrogen) atoms. The van der Waals surface area contributed by atoms with Crippen LogP contribution >= 0.6 is 15.9 Å². The first-order valence-corrected chi connectivity index (χ1v) is 8.00. The molecule has 2 aromatic rings. The van der Waals surface area contributed by atoms with Crippen LogP contribution in [0.1, 0.15) is 35.2 Å². The minimum atomic E-state index is 0.200. The molecule has 2 aromatic carbocycles. The molecule has 0 fully saturated rings. The van der Waals surface area contributed by atoms with Crippen molar-refractivity contribution in [1.29, 1.82) is 0 Å². The standard InChI is InChI=1S/C18H22BrNO/c1-5-20-17(14-6-8-16(19)9-7-14)15-10-12(2)18(21-4)13(3)11-15/h6-11,17,20H,5H2,1-4H3. The van der Waals surface area contributed by atoms with E-state index in [0.29, 0.717) is 0 Å². The highest BCUT2D eigenvalue weighted by atomic mass is 79.9. The molecule has 0 aromatic heterocycles. The molecule has 0 bridgehead atoms. The molecular weight excluding hydrogens is 326 g/mol. The third-order valence-corrected chi connectivity index (χ3v) is 4.16. The second-order valence-electron chi connectivity index (χ2n) is 5.23. The third kappa shape index (κ3) is 3.66.